The first-order chi connectivity index (χ1) is 19.8. The number of aliphatic hydroxyl groups is 1. The molecular weight excluding hydrogens is 534 g/mol. The monoisotopic (exact) mass is 587 g/mol. The Kier molecular flexibility index (Phi) is 14.5. The van der Waals surface area contributed by atoms with Crippen molar-refractivity contribution in [3.8, 4) is 0 Å². The molecule has 42 heavy (non-hydrogen) atoms. The van der Waals surface area contributed by atoms with Crippen molar-refractivity contribution < 1.29 is 29.0 Å². The minimum Gasteiger partial charge on any atom is -0.444 e. The Morgan fingerprint density at radius 3 is 2.12 bits per heavy atom. The van der Waals surface area contributed by atoms with Crippen molar-refractivity contribution in [3.63, 3.8) is 0 Å². The van der Waals surface area contributed by atoms with E-state index >= 15 is 0 Å². The van der Waals surface area contributed by atoms with Gasteiger partial charge in [-0.3, -0.25) is 14.4 Å². The number of carbonyl (C=O) groups is 4. The van der Waals surface area contributed by atoms with Gasteiger partial charge in [-0.15, -0.1) is 0 Å². The van der Waals surface area contributed by atoms with Crippen LogP contribution in [0.1, 0.15) is 105 Å². The number of ketones is 1. The number of carbonyl (C=O) groups excluding carboxylic acids is 4. The van der Waals surface area contributed by atoms with Crippen molar-refractivity contribution in [1.29, 1.82) is 0 Å². The van der Waals surface area contributed by atoms with Gasteiger partial charge in [-0.1, -0.05) is 83.2 Å². The van der Waals surface area contributed by atoms with Crippen LogP contribution in [0.2, 0.25) is 0 Å². The van der Waals surface area contributed by atoms with Gasteiger partial charge in [0.25, 0.3) is 0 Å². The molecule has 0 heterocycles. The molecule has 236 valence electrons. The molecule has 0 saturated heterocycles. The number of nitrogens with one attached hydrogen (secondary N) is 3. The number of aliphatic hydroxyl groups excluding tert-OH is 1. The summed E-state index contributed by atoms with van der Waals surface area (Å²) in [6.45, 7) is 11.0. The molecule has 1 aliphatic rings. The highest BCUT2D eigenvalue weighted by Crippen LogP contribution is 2.28. The number of amides is 3. The van der Waals surface area contributed by atoms with Crippen LogP contribution in [0, 0.1) is 11.8 Å². The van der Waals surface area contributed by atoms with E-state index in [-0.39, 0.29) is 24.5 Å². The second-order valence-electron chi connectivity index (χ2n) is 13.1. The Balaban J connectivity index is 2.24. The standard InChI is InChI=1S/C33H53N3O6/c1-7-14-28(37)29(38)25(20-23-15-10-8-11-16-23)34-30(39)26(19-22(2)3)35-31(40)27(21-24-17-12-9-13-18-24)36-32(41)42-33(4,5)6/h9,12-13,17-18,22-23,25-27,29,38H,7-8,10-11,14-16,19-21H2,1-6H3,(H,34,39)(H,35,40)(H,36,41)/t25-,26+,27+,29+/m1/s1. The average molecular weight is 588 g/mol. The molecule has 0 unspecified atom stereocenters. The molecule has 1 fully saturated rings. The molecule has 0 aliphatic heterocycles. The van der Waals surface area contributed by atoms with Crippen LogP contribution < -0.4 is 16.0 Å². The number of rotatable bonds is 15. The largest absolute Gasteiger partial charge is 0.444 e. The summed E-state index contributed by atoms with van der Waals surface area (Å²) in [6.07, 6.45) is 5.27. The number of benzene rings is 1. The van der Waals surface area contributed by atoms with Crippen LogP contribution in [0.3, 0.4) is 0 Å². The van der Waals surface area contributed by atoms with Gasteiger partial charge in [-0.05, 0) is 57.4 Å². The Morgan fingerprint density at radius 2 is 1.55 bits per heavy atom. The predicted molar refractivity (Wildman–Crippen MR) is 164 cm³/mol. The molecule has 0 radical (unpaired) electrons. The lowest BCUT2D eigenvalue weighted by Gasteiger charge is -2.31. The van der Waals surface area contributed by atoms with Gasteiger partial charge in [0, 0.05) is 12.8 Å². The van der Waals surface area contributed by atoms with Crippen LogP contribution in [0.15, 0.2) is 30.3 Å². The van der Waals surface area contributed by atoms with Gasteiger partial charge >= 0.3 is 6.09 Å². The fourth-order valence-corrected chi connectivity index (χ4v) is 5.43. The molecule has 4 N–H and O–H groups in total. The van der Waals surface area contributed by atoms with Crippen molar-refractivity contribution in [3.05, 3.63) is 35.9 Å². The molecular formula is C33H53N3O6. The molecule has 0 bridgehead atoms. The number of hydrogen-bond donors (Lipinski definition) is 4. The molecule has 1 saturated carbocycles. The van der Waals surface area contributed by atoms with Crippen molar-refractivity contribution >= 4 is 23.7 Å². The third kappa shape index (κ3) is 12.9. The lowest BCUT2D eigenvalue weighted by Crippen LogP contribution is -2.58. The molecule has 2 rings (SSSR count). The highest BCUT2D eigenvalue weighted by atomic mass is 16.6. The summed E-state index contributed by atoms with van der Waals surface area (Å²) >= 11 is 0. The maximum absolute atomic E-state index is 13.7. The molecule has 3 amide bonds. The maximum Gasteiger partial charge on any atom is 0.408 e. The van der Waals surface area contributed by atoms with E-state index in [0.717, 1.165) is 31.2 Å². The van der Waals surface area contributed by atoms with Gasteiger partial charge in [0.1, 0.15) is 23.8 Å². The minimum absolute atomic E-state index is 0.0656. The maximum atomic E-state index is 13.7. The topological polar surface area (TPSA) is 134 Å². The van der Waals surface area contributed by atoms with Crippen LogP contribution in [0.25, 0.3) is 0 Å². The molecule has 1 aromatic rings. The van der Waals surface area contributed by atoms with E-state index in [9.17, 15) is 24.3 Å². The number of Topliss-reactive ketones (excluding diaryl/α,β-unsaturated/α-hetero) is 1. The van der Waals surface area contributed by atoms with Crippen molar-refractivity contribution in [2.75, 3.05) is 0 Å². The van der Waals surface area contributed by atoms with Crippen LogP contribution in [0.4, 0.5) is 4.79 Å². The second kappa shape index (κ2) is 17.2. The van der Waals surface area contributed by atoms with E-state index < -0.39 is 47.7 Å². The van der Waals surface area contributed by atoms with Gasteiger partial charge in [-0.25, -0.2) is 4.79 Å². The number of ether oxygens (including phenoxy) is 1. The van der Waals surface area contributed by atoms with Gasteiger partial charge in [0.15, 0.2) is 5.78 Å². The summed E-state index contributed by atoms with van der Waals surface area (Å²) in [7, 11) is 0. The minimum atomic E-state index is -1.30. The molecule has 0 aromatic heterocycles. The Bertz CT molecular complexity index is 1000. The zero-order valence-electron chi connectivity index (χ0n) is 26.4. The van der Waals surface area contributed by atoms with Crippen LogP contribution in [-0.4, -0.2) is 58.6 Å². The number of alkyl carbamates (subject to hydrolysis) is 1. The van der Waals surface area contributed by atoms with E-state index in [1.54, 1.807) is 20.8 Å². The average Bonchev–Trinajstić information content (AvgIpc) is 2.91. The molecule has 4 atom stereocenters. The van der Waals surface area contributed by atoms with Gasteiger partial charge < -0.3 is 25.8 Å². The zero-order valence-corrected chi connectivity index (χ0v) is 26.4. The van der Waals surface area contributed by atoms with Crippen LogP contribution >= 0.6 is 0 Å². The summed E-state index contributed by atoms with van der Waals surface area (Å²) in [5.41, 5.74) is 0.0880. The van der Waals surface area contributed by atoms with Crippen molar-refractivity contribution in [1.82, 2.24) is 16.0 Å². The number of hydrogen-bond acceptors (Lipinski definition) is 6. The third-order valence-corrected chi connectivity index (χ3v) is 7.48. The normalized spacial score (nSPS) is 17.0. The molecule has 0 spiro atoms. The second-order valence-corrected chi connectivity index (χ2v) is 13.1. The lowest BCUT2D eigenvalue weighted by molar-refractivity contribution is -0.134. The summed E-state index contributed by atoms with van der Waals surface area (Å²) in [5, 5.41) is 19.4. The van der Waals surface area contributed by atoms with E-state index in [2.05, 4.69) is 16.0 Å². The summed E-state index contributed by atoms with van der Waals surface area (Å²) in [4.78, 5) is 52.6. The van der Waals surface area contributed by atoms with E-state index in [1.807, 2.05) is 51.1 Å². The molecule has 9 heteroatoms. The summed E-state index contributed by atoms with van der Waals surface area (Å²) in [6, 6.07) is 6.66. The smallest absolute Gasteiger partial charge is 0.408 e. The summed E-state index contributed by atoms with van der Waals surface area (Å²) < 4.78 is 5.40. The molecule has 9 nitrogen and oxygen atoms in total. The van der Waals surface area contributed by atoms with Gasteiger partial charge in [0.05, 0.1) is 6.04 Å². The zero-order chi connectivity index (χ0) is 31.3. The van der Waals surface area contributed by atoms with Crippen molar-refractivity contribution in [2.45, 2.75) is 136 Å². The van der Waals surface area contributed by atoms with Gasteiger partial charge in [-0.2, -0.15) is 0 Å². The van der Waals surface area contributed by atoms with Crippen LogP contribution in [-0.2, 0) is 25.5 Å². The first-order valence-electron chi connectivity index (χ1n) is 15.6. The fraction of sp³-hybridized carbons (Fsp3) is 0.697. The molecule has 1 aliphatic carbocycles. The predicted octanol–water partition coefficient (Wildman–Crippen LogP) is 4.84. The van der Waals surface area contributed by atoms with E-state index in [0.29, 0.717) is 25.2 Å². The SMILES string of the molecule is CCCC(=O)[C@@H](O)[C@@H](CC1CCCCC1)NC(=O)[C@H](CC(C)C)NC(=O)[C@H](Cc1ccccc1)NC(=O)OC(C)(C)C. The molecule has 1 aromatic carbocycles. The fourth-order valence-electron chi connectivity index (χ4n) is 5.43. The van der Waals surface area contributed by atoms with E-state index in [1.165, 1.54) is 6.42 Å². The lowest BCUT2D eigenvalue weighted by atomic mass is 9.83. The first-order valence-corrected chi connectivity index (χ1v) is 15.6. The Morgan fingerprint density at radius 1 is 0.929 bits per heavy atom. The highest BCUT2D eigenvalue weighted by molar-refractivity contribution is 5.92. The Labute approximate surface area is 251 Å². The third-order valence-electron chi connectivity index (χ3n) is 7.48. The van der Waals surface area contributed by atoms with Crippen molar-refractivity contribution in [2.24, 2.45) is 11.8 Å². The Hall–Kier alpha value is -2.94. The first kappa shape index (κ1) is 35.3. The van der Waals surface area contributed by atoms with E-state index in [4.69, 9.17) is 4.74 Å². The highest BCUT2D eigenvalue weighted by Gasteiger charge is 2.34. The van der Waals surface area contributed by atoms with Crippen LogP contribution in [0.5, 0.6) is 0 Å². The van der Waals surface area contributed by atoms with Gasteiger partial charge in [0.2, 0.25) is 11.8 Å². The summed E-state index contributed by atoms with van der Waals surface area (Å²) in [5.74, 6) is -0.864. The quantitative estimate of drug-likeness (QED) is 0.232.